The van der Waals surface area contributed by atoms with Crippen molar-refractivity contribution in [2.45, 2.75) is 37.4 Å². The molecule has 118 valence electrons. The van der Waals surface area contributed by atoms with Gasteiger partial charge in [-0.25, -0.2) is 9.59 Å². The van der Waals surface area contributed by atoms with Gasteiger partial charge in [-0.15, -0.1) is 0 Å². The summed E-state index contributed by atoms with van der Waals surface area (Å²) < 4.78 is 0. The van der Waals surface area contributed by atoms with E-state index in [0.29, 0.717) is 0 Å². The Morgan fingerprint density at radius 2 is 1.30 bits per heavy atom. The van der Waals surface area contributed by atoms with Gasteiger partial charge in [0.15, 0.2) is 6.10 Å². The summed E-state index contributed by atoms with van der Waals surface area (Å²) in [5.74, 6) is -2.91. The molecule has 0 fully saturated rings. The van der Waals surface area contributed by atoms with Gasteiger partial charge in [-0.1, -0.05) is 0 Å². The summed E-state index contributed by atoms with van der Waals surface area (Å²) in [5.41, 5.74) is 0. The van der Waals surface area contributed by atoms with Crippen LogP contribution >= 0.6 is 0 Å². The number of aliphatic hydroxyl groups is 6. The van der Waals surface area contributed by atoms with Gasteiger partial charge < -0.3 is 43.7 Å². The first kappa shape index (κ1) is 24.9. The summed E-state index contributed by atoms with van der Waals surface area (Å²) in [6, 6.07) is 0. The molecule has 0 aromatic carbocycles. The fraction of sp³-hybridized carbons (Fsp3) is 0.778. The van der Waals surface area contributed by atoms with Crippen LogP contribution in [0, 0.1) is 0 Å². The number of hydrogen-bond donors (Lipinski definition) is 8. The van der Waals surface area contributed by atoms with Crippen molar-refractivity contribution in [1.82, 2.24) is 0 Å². The Morgan fingerprint density at radius 3 is 1.50 bits per heavy atom. The third-order valence-corrected chi connectivity index (χ3v) is 1.87. The van der Waals surface area contributed by atoms with Crippen molar-refractivity contribution < 1.29 is 53.3 Å². The van der Waals surface area contributed by atoms with E-state index in [-0.39, 0.29) is 40.6 Å². The van der Waals surface area contributed by atoms with Gasteiger partial charge in [-0.2, -0.15) is 0 Å². The van der Waals surface area contributed by atoms with Crippen LogP contribution in [0.15, 0.2) is 0 Å². The van der Waals surface area contributed by atoms with Crippen molar-refractivity contribution in [3.63, 3.8) is 0 Å². The quantitative estimate of drug-likeness (QED) is 0.221. The number of rotatable bonds is 6. The van der Waals surface area contributed by atoms with Gasteiger partial charge in [0.05, 0.1) is 6.61 Å². The Bertz CT molecular complexity index is 294. The Morgan fingerprint density at radius 1 is 0.950 bits per heavy atom. The van der Waals surface area contributed by atoms with E-state index in [1.54, 1.807) is 0 Å². The summed E-state index contributed by atoms with van der Waals surface area (Å²) in [7, 11) is 0. The van der Waals surface area contributed by atoms with Gasteiger partial charge in [0.1, 0.15) is 24.4 Å². The summed E-state index contributed by atoms with van der Waals surface area (Å²) in [6.07, 6.45) is -9.07. The van der Waals surface area contributed by atoms with Crippen molar-refractivity contribution in [1.29, 1.82) is 0 Å². The van der Waals surface area contributed by atoms with Crippen LogP contribution in [0.1, 0.15) is 9.78 Å². The van der Waals surface area contributed by atoms with Gasteiger partial charge in [0.25, 0.3) is 0 Å². The number of aliphatic hydroxyl groups excluding tert-OH is 6. The molecule has 5 atom stereocenters. The average molecular weight is 328 g/mol. The van der Waals surface area contributed by atoms with E-state index in [1.807, 2.05) is 0 Å². The molecule has 0 spiro atoms. The fourth-order valence-corrected chi connectivity index (χ4v) is 0.668. The Balaban J connectivity index is -0.0000000933. The Kier molecular flexibility index (Phi) is 15.8. The molecular formula is C9H20CaO10. The van der Waals surface area contributed by atoms with Crippen LogP contribution in [0.4, 0.5) is 0 Å². The molecule has 0 aliphatic heterocycles. The number of carboxylic acid groups (broad SMARTS) is 2. The second kappa shape index (κ2) is 12.7. The van der Waals surface area contributed by atoms with Gasteiger partial charge >= 0.3 is 49.7 Å². The monoisotopic (exact) mass is 328 g/mol. The molecule has 0 rings (SSSR count). The van der Waals surface area contributed by atoms with E-state index in [0.717, 1.165) is 0 Å². The van der Waals surface area contributed by atoms with Gasteiger partial charge in [-0.3, -0.25) is 0 Å². The maximum atomic E-state index is 10.1. The minimum absolute atomic E-state index is 0. The van der Waals surface area contributed by atoms with E-state index in [9.17, 15) is 9.59 Å². The first-order valence-electron chi connectivity index (χ1n) is 5.03. The molecule has 10 nitrogen and oxygen atoms in total. The second-order valence-corrected chi connectivity index (χ2v) is 3.53. The largest absolute Gasteiger partial charge is 2.00 e. The molecule has 8 N–H and O–H groups in total. The van der Waals surface area contributed by atoms with Crippen LogP contribution < -0.4 is 0 Å². The van der Waals surface area contributed by atoms with Gasteiger partial charge in [0.2, 0.25) is 0 Å². The molecule has 11 heteroatoms. The maximum absolute atomic E-state index is 10.1. The zero-order valence-electron chi connectivity index (χ0n) is 12.7. The zero-order chi connectivity index (χ0) is 15.7. The molecular weight excluding hydrogens is 308 g/mol. The molecule has 20 heavy (non-hydrogen) atoms. The first-order valence-corrected chi connectivity index (χ1v) is 5.03. The molecule has 0 radical (unpaired) electrons. The number of carboxylic acids is 2. The molecule has 5 unspecified atom stereocenters. The molecule has 0 bridgehead atoms. The fourth-order valence-electron chi connectivity index (χ4n) is 0.668. The van der Waals surface area contributed by atoms with Crippen LogP contribution in [0.25, 0.3) is 0 Å². The number of aliphatic carboxylic acids is 2. The first-order chi connectivity index (χ1) is 8.56. The Labute approximate surface area is 146 Å². The Hall–Kier alpha value is -0.0403. The molecule has 0 saturated heterocycles. The van der Waals surface area contributed by atoms with E-state index in [1.165, 1.54) is 6.92 Å². The minimum atomic E-state index is -2.20. The van der Waals surface area contributed by atoms with Crippen molar-refractivity contribution >= 4 is 49.7 Å². The van der Waals surface area contributed by atoms with Crippen molar-refractivity contribution in [3.05, 3.63) is 0 Å². The van der Waals surface area contributed by atoms with E-state index < -0.39 is 49.1 Å². The number of hydrogen-bond acceptors (Lipinski definition) is 8. The van der Waals surface area contributed by atoms with E-state index in [4.69, 9.17) is 40.9 Å². The molecule has 0 heterocycles. The molecule has 0 aromatic heterocycles. The standard InChI is InChI=1S/C6H12O7.C3H6O3.Ca.2H/c7-1-2(8)3(9)4(10)5(11)6(12)13;1-2(4)3(5)6;;;/h2-5,7-11H,1H2,(H,12,13);2,4H,1H3,(H,5,6);;;/q;;+2;2*-1. The van der Waals surface area contributed by atoms with Gasteiger partial charge in [0, 0.05) is 0 Å². The zero-order valence-corrected chi connectivity index (χ0v) is 12.9. The normalized spacial score (nSPS) is 17.4. The average Bonchev–Trinajstić information content (AvgIpc) is 2.35. The predicted octanol–water partition coefficient (Wildman–Crippen LogP) is -4.20. The van der Waals surface area contributed by atoms with Crippen LogP contribution in [0.3, 0.4) is 0 Å². The summed E-state index contributed by atoms with van der Waals surface area (Å²) in [5, 5.41) is 67.6. The second-order valence-electron chi connectivity index (χ2n) is 3.53. The summed E-state index contributed by atoms with van der Waals surface area (Å²) >= 11 is 0. The van der Waals surface area contributed by atoms with Crippen molar-refractivity contribution in [3.8, 4) is 0 Å². The molecule has 0 saturated carbocycles. The minimum Gasteiger partial charge on any atom is -1.00 e. The van der Waals surface area contributed by atoms with Crippen LogP contribution in [0.5, 0.6) is 0 Å². The smallest absolute Gasteiger partial charge is 1.00 e. The van der Waals surface area contributed by atoms with E-state index in [2.05, 4.69) is 0 Å². The van der Waals surface area contributed by atoms with Crippen LogP contribution in [-0.4, -0.2) is 128 Å². The van der Waals surface area contributed by atoms with Crippen LogP contribution in [-0.2, 0) is 9.59 Å². The van der Waals surface area contributed by atoms with Crippen LogP contribution in [0.2, 0.25) is 0 Å². The molecule has 0 aliphatic rings. The number of carbonyl (C=O) groups is 2. The van der Waals surface area contributed by atoms with Crippen molar-refractivity contribution in [2.75, 3.05) is 6.61 Å². The van der Waals surface area contributed by atoms with Gasteiger partial charge in [-0.05, 0) is 6.92 Å². The van der Waals surface area contributed by atoms with E-state index >= 15 is 0 Å². The predicted molar refractivity (Wildman–Crippen MR) is 66.0 cm³/mol. The summed E-state index contributed by atoms with van der Waals surface area (Å²) in [6.45, 7) is 0.354. The topological polar surface area (TPSA) is 196 Å². The third-order valence-electron chi connectivity index (χ3n) is 1.87. The van der Waals surface area contributed by atoms with Crippen molar-refractivity contribution in [2.24, 2.45) is 0 Å². The molecule has 0 amide bonds. The summed E-state index contributed by atoms with van der Waals surface area (Å²) in [4.78, 5) is 19.5. The third kappa shape index (κ3) is 10.7. The molecule has 0 aliphatic carbocycles. The SMILES string of the molecule is CC(O)C(=O)O.O=C(O)C(O)C(O)C(O)C(O)CO.[Ca+2].[H-].[H-]. The maximum Gasteiger partial charge on any atom is 2.00 e. The molecule has 0 aromatic rings.